The molecule has 70 valence electrons. The van der Waals surface area contributed by atoms with Gasteiger partial charge in [-0.2, -0.15) is 0 Å². The van der Waals surface area contributed by atoms with Crippen LogP contribution in [0, 0.1) is 5.41 Å². The highest BCUT2D eigenvalue weighted by Crippen LogP contribution is 2.48. The fraction of sp³-hybridized carbons (Fsp3) is 0.500. The van der Waals surface area contributed by atoms with Crippen molar-refractivity contribution >= 4 is 15.9 Å². The van der Waals surface area contributed by atoms with Crippen molar-refractivity contribution in [2.75, 3.05) is 0 Å². The monoisotopic (exact) mass is 238 g/mol. The van der Waals surface area contributed by atoms with Crippen molar-refractivity contribution in [1.29, 1.82) is 0 Å². The molecule has 0 radical (unpaired) electrons. The lowest BCUT2D eigenvalue weighted by atomic mass is 9.81. The first kappa shape index (κ1) is 9.26. The SMILES string of the molecule is C[C@H]1c2c(Br)cccc2CC1(C)C. The average molecular weight is 239 g/mol. The van der Waals surface area contributed by atoms with E-state index >= 15 is 0 Å². The Balaban J connectivity index is 2.57. The minimum Gasteiger partial charge on any atom is -0.0609 e. The molecular formula is C12H15Br. The van der Waals surface area contributed by atoms with Gasteiger partial charge in [0.2, 0.25) is 0 Å². The zero-order valence-corrected chi connectivity index (χ0v) is 9.98. The van der Waals surface area contributed by atoms with Crippen LogP contribution in [0.25, 0.3) is 0 Å². The van der Waals surface area contributed by atoms with E-state index in [1.807, 2.05) is 0 Å². The maximum Gasteiger partial charge on any atom is 0.0212 e. The van der Waals surface area contributed by atoms with Crippen LogP contribution >= 0.6 is 15.9 Å². The maximum absolute atomic E-state index is 3.64. The quantitative estimate of drug-likeness (QED) is 0.638. The summed E-state index contributed by atoms with van der Waals surface area (Å²) in [6, 6.07) is 6.54. The molecule has 1 aromatic rings. The molecule has 0 fully saturated rings. The van der Waals surface area contributed by atoms with Crippen molar-refractivity contribution in [3.63, 3.8) is 0 Å². The highest BCUT2D eigenvalue weighted by atomic mass is 79.9. The lowest BCUT2D eigenvalue weighted by Crippen LogP contribution is -2.14. The van der Waals surface area contributed by atoms with Crippen LogP contribution in [0.15, 0.2) is 22.7 Å². The summed E-state index contributed by atoms with van der Waals surface area (Å²) < 4.78 is 1.28. The predicted molar refractivity (Wildman–Crippen MR) is 60.0 cm³/mol. The molecule has 13 heavy (non-hydrogen) atoms. The van der Waals surface area contributed by atoms with E-state index in [0.29, 0.717) is 11.3 Å². The van der Waals surface area contributed by atoms with Gasteiger partial charge in [-0.1, -0.05) is 48.8 Å². The van der Waals surface area contributed by atoms with Gasteiger partial charge in [-0.05, 0) is 34.9 Å². The fourth-order valence-electron chi connectivity index (χ4n) is 2.26. The molecule has 2 rings (SSSR count). The van der Waals surface area contributed by atoms with Gasteiger partial charge in [0.25, 0.3) is 0 Å². The number of hydrogen-bond acceptors (Lipinski definition) is 0. The van der Waals surface area contributed by atoms with E-state index in [1.54, 1.807) is 0 Å². The zero-order valence-electron chi connectivity index (χ0n) is 8.39. The molecule has 1 aromatic carbocycles. The summed E-state index contributed by atoms with van der Waals surface area (Å²) in [6.45, 7) is 7.03. The van der Waals surface area contributed by atoms with E-state index in [2.05, 4.69) is 54.9 Å². The van der Waals surface area contributed by atoms with Crippen LogP contribution in [0.4, 0.5) is 0 Å². The molecule has 0 nitrogen and oxygen atoms in total. The minimum absolute atomic E-state index is 0.423. The summed E-state index contributed by atoms with van der Waals surface area (Å²) >= 11 is 3.64. The van der Waals surface area contributed by atoms with E-state index in [0.717, 1.165) is 0 Å². The molecule has 1 aliphatic carbocycles. The number of fused-ring (bicyclic) bond motifs is 1. The third-order valence-corrected chi connectivity index (χ3v) is 4.09. The van der Waals surface area contributed by atoms with Gasteiger partial charge >= 0.3 is 0 Å². The molecule has 1 atom stereocenters. The van der Waals surface area contributed by atoms with Crippen molar-refractivity contribution in [3.8, 4) is 0 Å². The topological polar surface area (TPSA) is 0 Å². The largest absolute Gasteiger partial charge is 0.0609 e. The van der Waals surface area contributed by atoms with Gasteiger partial charge in [-0.3, -0.25) is 0 Å². The molecule has 0 saturated carbocycles. The Labute approximate surface area is 88.5 Å². The second-order valence-corrected chi connectivity index (χ2v) is 5.55. The van der Waals surface area contributed by atoms with Crippen LogP contribution < -0.4 is 0 Å². The van der Waals surface area contributed by atoms with Gasteiger partial charge in [-0.25, -0.2) is 0 Å². The fourth-order valence-corrected chi connectivity index (χ4v) is 3.01. The third-order valence-electron chi connectivity index (χ3n) is 3.39. The van der Waals surface area contributed by atoms with E-state index in [4.69, 9.17) is 0 Å². The molecule has 0 amide bonds. The smallest absolute Gasteiger partial charge is 0.0212 e. The van der Waals surface area contributed by atoms with Crippen LogP contribution in [0.2, 0.25) is 0 Å². The maximum atomic E-state index is 3.64. The first-order valence-electron chi connectivity index (χ1n) is 4.79. The minimum atomic E-state index is 0.423. The first-order valence-corrected chi connectivity index (χ1v) is 5.59. The van der Waals surface area contributed by atoms with Crippen LogP contribution in [-0.2, 0) is 6.42 Å². The Bertz CT molecular complexity index is 339. The molecule has 0 heterocycles. The van der Waals surface area contributed by atoms with Crippen molar-refractivity contribution < 1.29 is 0 Å². The van der Waals surface area contributed by atoms with Gasteiger partial charge in [0, 0.05) is 4.47 Å². The average Bonchev–Trinajstić information content (AvgIpc) is 2.24. The molecule has 0 aliphatic heterocycles. The van der Waals surface area contributed by atoms with Crippen LogP contribution in [0.1, 0.15) is 37.8 Å². The Morgan fingerprint density at radius 2 is 2.08 bits per heavy atom. The standard InChI is InChI=1S/C12H15Br/c1-8-11-9(7-12(8,2)3)5-4-6-10(11)13/h4-6,8H,7H2,1-3H3/t8-/m0/s1. The summed E-state index contributed by atoms with van der Waals surface area (Å²) in [4.78, 5) is 0. The predicted octanol–water partition coefficient (Wildman–Crippen LogP) is 4.13. The normalized spacial score (nSPS) is 24.5. The van der Waals surface area contributed by atoms with Crippen LogP contribution in [0.5, 0.6) is 0 Å². The molecule has 0 spiro atoms. The van der Waals surface area contributed by atoms with Gasteiger partial charge < -0.3 is 0 Å². The van der Waals surface area contributed by atoms with E-state index in [9.17, 15) is 0 Å². The van der Waals surface area contributed by atoms with Crippen molar-refractivity contribution in [1.82, 2.24) is 0 Å². The van der Waals surface area contributed by atoms with Crippen molar-refractivity contribution in [3.05, 3.63) is 33.8 Å². The molecular weight excluding hydrogens is 224 g/mol. The van der Waals surface area contributed by atoms with Gasteiger partial charge in [0.15, 0.2) is 0 Å². The Hall–Kier alpha value is -0.300. The zero-order chi connectivity index (χ0) is 9.64. The Morgan fingerprint density at radius 1 is 1.38 bits per heavy atom. The first-order chi connectivity index (χ1) is 6.02. The molecule has 0 aromatic heterocycles. The second kappa shape index (κ2) is 2.84. The van der Waals surface area contributed by atoms with Crippen LogP contribution in [0.3, 0.4) is 0 Å². The van der Waals surface area contributed by atoms with Crippen molar-refractivity contribution in [2.24, 2.45) is 5.41 Å². The van der Waals surface area contributed by atoms with Crippen LogP contribution in [-0.4, -0.2) is 0 Å². The Kier molecular flexibility index (Phi) is 2.03. The molecule has 0 saturated heterocycles. The van der Waals surface area contributed by atoms with Gasteiger partial charge in [-0.15, -0.1) is 0 Å². The summed E-state index contributed by atoms with van der Waals surface area (Å²) in [5.74, 6) is 0.665. The summed E-state index contributed by atoms with van der Waals surface area (Å²) in [7, 11) is 0. The third kappa shape index (κ3) is 1.34. The number of hydrogen-bond donors (Lipinski definition) is 0. The lowest BCUT2D eigenvalue weighted by molar-refractivity contribution is 0.330. The highest BCUT2D eigenvalue weighted by Gasteiger charge is 2.36. The molecule has 1 aliphatic rings. The van der Waals surface area contributed by atoms with E-state index in [1.165, 1.54) is 22.0 Å². The van der Waals surface area contributed by atoms with Crippen molar-refractivity contribution in [2.45, 2.75) is 33.1 Å². The van der Waals surface area contributed by atoms with Gasteiger partial charge in [0.1, 0.15) is 0 Å². The Morgan fingerprint density at radius 3 is 2.69 bits per heavy atom. The molecule has 0 unspecified atom stereocenters. The number of halogens is 1. The second-order valence-electron chi connectivity index (χ2n) is 4.70. The summed E-state index contributed by atoms with van der Waals surface area (Å²) in [6.07, 6.45) is 1.21. The summed E-state index contributed by atoms with van der Waals surface area (Å²) in [5.41, 5.74) is 3.46. The number of rotatable bonds is 0. The van der Waals surface area contributed by atoms with Gasteiger partial charge in [0.05, 0.1) is 0 Å². The van der Waals surface area contributed by atoms with E-state index in [-0.39, 0.29) is 0 Å². The summed E-state index contributed by atoms with van der Waals surface area (Å²) in [5, 5.41) is 0. The molecule has 0 bridgehead atoms. The lowest BCUT2D eigenvalue weighted by Gasteiger charge is -2.23. The molecule has 1 heteroatoms. The highest BCUT2D eigenvalue weighted by molar-refractivity contribution is 9.10. The number of benzene rings is 1. The van der Waals surface area contributed by atoms with E-state index < -0.39 is 0 Å². The molecule has 0 N–H and O–H groups in total.